The molecule has 1 N–H and O–H groups in total. The Morgan fingerprint density at radius 3 is 2.88 bits per heavy atom. The van der Waals surface area contributed by atoms with Crippen molar-refractivity contribution < 1.29 is 0 Å². The first-order chi connectivity index (χ1) is 8.13. The zero-order chi connectivity index (χ0) is 12.3. The molecule has 0 fully saturated rings. The molecule has 0 saturated carbocycles. The third-order valence-electron chi connectivity index (χ3n) is 1.89. The molecule has 0 radical (unpaired) electrons. The van der Waals surface area contributed by atoms with E-state index >= 15 is 0 Å². The smallest absolute Gasteiger partial charge is 0.251 e. The minimum Gasteiger partial charge on any atom is -0.301 e. The lowest BCUT2D eigenvalue weighted by atomic mass is 10.4. The van der Waals surface area contributed by atoms with E-state index in [0.717, 1.165) is 5.69 Å². The van der Waals surface area contributed by atoms with E-state index in [-0.39, 0.29) is 5.56 Å². The van der Waals surface area contributed by atoms with Crippen molar-refractivity contribution in [3.63, 3.8) is 0 Å². The van der Waals surface area contributed by atoms with E-state index in [1.54, 1.807) is 19.1 Å². The summed E-state index contributed by atoms with van der Waals surface area (Å²) in [5.41, 5.74) is 1.32. The van der Waals surface area contributed by atoms with Gasteiger partial charge in [-0.2, -0.15) is 5.10 Å². The molecular formula is C10H9ClN4OS. The normalized spacial score (nSPS) is 10.5. The highest BCUT2D eigenvalue weighted by molar-refractivity contribution is 7.98. The second-order valence-corrected chi connectivity index (χ2v) is 4.68. The highest BCUT2D eigenvalue weighted by Crippen LogP contribution is 2.17. The van der Waals surface area contributed by atoms with Crippen LogP contribution >= 0.6 is 23.4 Å². The summed E-state index contributed by atoms with van der Waals surface area (Å²) in [5.74, 6) is 0.580. The van der Waals surface area contributed by atoms with E-state index in [1.807, 2.05) is 0 Å². The minimum atomic E-state index is -0.151. The maximum absolute atomic E-state index is 11.2. The second-order valence-electron chi connectivity index (χ2n) is 3.33. The Labute approximate surface area is 107 Å². The van der Waals surface area contributed by atoms with E-state index in [9.17, 15) is 4.79 Å². The molecule has 2 aromatic heterocycles. The Morgan fingerprint density at radius 2 is 2.24 bits per heavy atom. The molecule has 2 aromatic rings. The van der Waals surface area contributed by atoms with Gasteiger partial charge < -0.3 is 4.98 Å². The molecular weight excluding hydrogens is 260 g/mol. The first-order valence-electron chi connectivity index (χ1n) is 4.82. The summed E-state index contributed by atoms with van der Waals surface area (Å²) in [4.78, 5) is 18.1. The topological polar surface area (TPSA) is 71.5 Å². The van der Waals surface area contributed by atoms with Gasteiger partial charge in [-0.1, -0.05) is 23.4 Å². The largest absolute Gasteiger partial charge is 0.301 e. The average Bonchev–Trinajstić information content (AvgIpc) is 2.27. The van der Waals surface area contributed by atoms with Gasteiger partial charge in [-0.15, -0.1) is 5.10 Å². The maximum atomic E-state index is 11.2. The van der Waals surface area contributed by atoms with Gasteiger partial charge in [-0.05, 0) is 19.1 Å². The zero-order valence-electron chi connectivity index (χ0n) is 8.98. The number of thioether (sulfide) groups is 1. The lowest BCUT2D eigenvalue weighted by Gasteiger charge is -2.00. The molecule has 2 heterocycles. The van der Waals surface area contributed by atoms with Gasteiger partial charge >= 0.3 is 0 Å². The van der Waals surface area contributed by atoms with Crippen molar-refractivity contribution in [2.24, 2.45) is 0 Å². The summed E-state index contributed by atoms with van der Waals surface area (Å²) in [6, 6.07) is 4.92. The van der Waals surface area contributed by atoms with Crippen molar-refractivity contribution in [3.8, 4) is 0 Å². The molecule has 2 rings (SSSR count). The second kappa shape index (κ2) is 5.29. The highest BCUT2D eigenvalue weighted by Gasteiger charge is 2.02. The van der Waals surface area contributed by atoms with Gasteiger partial charge in [0, 0.05) is 17.5 Å². The van der Waals surface area contributed by atoms with Crippen LogP contribution in [-0.4, -0.2) is 20.2 Å². The number of aromatic nitrogens is 4. The fourth-order valence-corrected chi connectivity index (χ4v) is 2.10. The van der Waals surface area contributed by atoms with Crippen molar-refractivity contribution in [3.05, 3.63) is 45.1 Å². The van der Waals surface area contributed by atoms with Crippen molar-refractivity contribution >= 4 is 23.4 Å². The molecule has 0 aromatic carbocycles. The molecule has 0 amide bonds. The number of halogens is 1. The average molecular weight is 269 g/mol. The third-order valence-corrected chi connectivity index (χ3v) is 3.00. The van der Waals surface area contributed by atoms with Crippen molar-refractivity contribution in [1.29, 1.82) is 0 Å². The van der Waals surface area contributed by atoms with Crippen LogP contribution in [0.5, 0.6) is 0 Å². The summed E-state index contributed by atoms with van der Waals surface area (Å²) in [6.07, 6.45) is 0. The molecule has 0 aliphatic rings. The fraction of sp³-hybridized carbons (Fsp3) is 0.200. The molecule has 0 aliphatic heterocycles. The van der Waals surface area contributed by atoms with Crippen LogP contribution in [0, 0.1) is 6.92 Å². The molecule has 0 aliphatic carbocycles. The van der Waals surface area contributed by atoms with Gasteiger partial charge in [-0.3, -0.25) is 4.79 Å². The molecule has 0 spiro atoms. The number of nitrogens with zero attached hydrogens (tertiary/aromatic N) is 3. The SMILES string of the molecule is Cc1cc(=O)[nH]c(SCc2ccc(Cl)nn2)n1. The van der Waals surface area contributed by atoms with Crippen LogP contribution in [0.15, 0.2) is 28.2 Å². The van der Waals surface area contributed by atoms with Crippen LogP contribution in [0.1, 0.15) is 11.4 Å². The van der Waals surface area contributed by atoms with Crippen LogP contribution < -0.4 is 5.56 Å². The Kier molecular flexibility index (Phi) is 3.75. The van der Waals surface area contributed by atoms with Crippen LogP contribution in [0.3, 0.4) is 0 Å². The molecule has 0 saturated heterocycles. The number of hydrogen-bond acceptors (Lipinski definition) is 5. The highest BCUT2D eigenvalue weighted by atomic mass is 35.5. The van der Waals surface area contributed by atoms with Gasteiger partial charge in [0.15, 0.2) is 10.3 Å². The Balaban J connectivity index is 2.07. The van der Waals surface area contributed by atoms with Crippen molar-refractivity contribution in [2.75, 3.05) is 0 Å². The van der Waals surface area contributed by atoms with Gasteiger partial charge in [0.2, 0.25) is 0 Å². The van der Waals surface area contributed by atoms with Crippen LogP contribution in [-0.2, 0) is 5.75 Å². The first-order valence-corrected chi connectivity index (χ1v) is 6.19. The molecule has 7 heteroatoms. The minimum absolute atomic E-state index is 0.151. The van der Waals surface area contributed by atoms with Crippen molar-refractivity contribution in [1.82, 2.24) is 20.2 Å². The van der Waals surface area contributed by atoms with Crippen molar-refractivity contribution in [2.45, 2.75) is 17.8 Å². The lowest BCUT2D eigenvalue weighted by Crippen LogP contribution is -2.08. The summed E-state index contributed by atoms with van der Waals surface area (Å²) in [7, 11) is 0. The van der Waals surface area contributed by atoms with Gasteiger partial charge in [0.05, 0.1) is 5.69 Å². The summed E-state index contributed by atoms with van der Waals surface area (Å²) in [5, 5.41) is 8.59. The number of aromatic amines is 1. The van der Waals surface area contributed by atoms with E-state index in [2.05, 4.69) is 20.2 Å². The fourth-order valence-electron chi connectivity index (χ4n) is 1.18. The van der Waals surface area contributed by atoms with Crippen LogP contribution in [0.2, 0.25) is 5.15 Å². The van der Waals surface area contributed by atoms with Crippen LogP contribution in [0.4, 0.5) is 0 Å². The monoisotopic (exact) mass is 268 g/mol. The molecule has 0 unspecified atom stereocenters. The Morgan fingerprint density at radius 1 is 1.41 bits per heavy atom. The molecule has 0 atom stereocenters. The quantitative estimate of drug-likeness (QED) is 0.679. The number of aryl methyl sites for hydroxylation is 1. The summed E-state index contributed by atoms with van der Waals surface area (Å²) < 4.78 is 0. The maximum Gasteiger partial charge on any atom is 0.251 e. The van der Waals surface area contributed by atoms with E-state index < -0.39 is 0 Å². The predicted molar refractivity (Wildman–Crippen MR) is 66.2 cm³/mol. The van der Waals surface area contributed by atoms with Gasteiger partial charge in [0.1, 0.15) is 0 Å². The van der Waals surface area contributed by atoms with Gasteiger partial charge in [-0.25, -0.2) is 4.98 Å². The van der Waals surface area contributed by atoms with E-state index in [1.165, 1.54) is 17.8 Å². The molecule has 0 bridgehead atoms. The Hall–Kier alpha value is -1.40. The molecule has 5 nitrogen and oxygen atoms in total. The van der Waals surface area contributed by atoms with E-state index in [0.29, 0.717) is 21.8 Å². The number of rotatable bonds is 3. The third kappa shape index (κ3) is 3.54. The number of nitrogens with one attached hydrogen (secondary N) is 1. The molecule has 17 heavy (non-hydrogen) atoms. The zero-order valence-corrected chi connectivity index (χ0v) is 10.5. The standard InChI is InChI=1S/C10H9ClN4OS/c1-6-4-9(16)13-10(12-6)17-5-7-2-3-8(11)15-14-7/h2-4H,5H2,1H3,(H,12,13,16). The van der Waals surface area contributed by atoms with E-state index in [4.69, 9.17) is 11.6 Å². The molecule has 88 valence electrons. The lowest BCUT2D eigenvalue weighted by molar-refractivity contribution is 0.901. The van der Waals surface area contributed by atoms with Crippen LogP contribution in [0.25, 0.3) is 0 Å². The first kappa shape index (κ1) is 12.1. The number of H-pyrrole nitrogens is 1. The summed E-state index contributed by atoms with van der Waals surface area (Å²) >= 11 is 7.03. The Bertz CT molecular complexity index is 569. The number of hydrogen-bond donors (Lipinski definition) is 1. The predicted octanol–water partition coefficient (Wildman–Crippen LogP) is 1.81. The van der Waals surface area contributed by atoms with Gasteiger partial charge in [0.25, 0.3) is 5.56 Å². The summed E-state index contributed by atoms with van der Waals surface area (Å²) in [6.45, 7) is 1.78.